The van der Waals surface area contributed by atoms with Crippen LogP contribution in [0.5, 0.6) is 0 Å². The van der Waals surface area contributed by atoms with E-state index in [-0.39, 0.29) is 22.9 Å². The molecule has 1 unspecified atom stereocenters. The molecule has 1 heterocycles. The molecule has 0 spiro atoms. The highest BCUT2D eigenvalue weighted by atomic mass is 32.2. The van der Waals surface area contributed by atoms with Gasteiger partial charge in [-0.15, -0.1) is 0 Å². The van der Waals surface area contributed by atoms with Gasteiger partial charge in [0.25, 0.3) is 5.91 Å². The number of nitrogens with one attached hydrogen (secondary N) is 1. The molecule has 150 valence electrons. The van der Waals surface area contributed by atoms with Crippen LogP contribution < -0.4 is 4.72 Å². The number of sulfonamides is 1. The van der Waals surface area contributed by atoms with E-state index in [1.165, 1.54) is 12.8 Å². The molecule has 6 heteroatoms. The lowest BCUT2D eigenvalue weighted by Crippen LogP contribution is -2.43. The first-order valence-electron chi connectivity index (χ1n) is 10.4. The Labute approximate surface area is 163 Å². The second kappa shape index (κ2) is 9.20. The molecule has 0 aromatic heterocycles. The van der Waals surface area contributed by atoms with Crippen LogP contribution in [0.3, 0.4) is 0 Å². The summed E-state index contributed by atoms with van der Waals surface area (Å²) in [6.45, 7) is 2.86. The van der Waals surface area contributed by atoms with Crippen LogP contribution in [0.4, 0.5) is 0 Å². The van der Waals surface area contributed by atoms with E-state index in [4.69, 9.17) is 0 Å². The lowest BCUT2D eigenvalue weighted by molar-refractivity contribution is 0.0608. The molecule has 1 N–H and O–H groups in total. The number of benzene rings is 1. The maximum atomic E-state index is 13.0. The highest BCUT2D eigenvalue weighted by Crippen LogP contribution is 2.24. The third-order valence-corrected chi connectivity index (χ3v) is 7.45. The third-order valence-electron chi connectivity index (χ3n) is 5.93. The molecule has 3 rings (SSSR count). The first-order valence-corrected chi connectivity index (χ1v) is 11.9. The molecule has 0 bridgehead atoms. The van der Waals surface area contributed by atoms with Crippen LogP contribution in [0, 0.1) is 0 Å². The minimum Gasteiger partial charge on any atom is -0.336 e. The maximum Gasteiger partial charge on any atom is 0.254 e. The number of nitrogens with zero attached hydrogens (tertiary/aromatic N) is 1. The van der Waals surface area contributed by atoms with Crippen molar-refractivity contribution in [1.29, 1.82) is 0 Å². The molecule has 1 aromatic rings. The zero-order valence-corrected chi connectivity index (χ0v) is 17.1. The van der Waals surface area contributed by atoms with Gasteiger partial charge in [-0.25, -0.2) is 13.1 Å². The summed E-state index contributed by atoms with van der Waals surface area (Å²) in [6, 6.07) is 6.80. The van der Waals surface area contributed by atoms with Gasteiger partial charge in [0, 0.05) is 24.2 Å². The monoisotopic (exact) mass is 392 g/mol. The molecular weight excluding hydrogens is 360 g/mol. The molecule has 1 aliphatic carbocycles. The fraction of sp³-hybridized carbons (Fsp3) is 0.667. The normalized spacial score (nSPS) is 22.4. The molecular formula is C21H32N2O3S. The number of carbonyl (C=O) groups excluding carboxylic acids is 1. The van der Waals surface area contributed by atoms with Crippen molar-refractivity contribution in [2.45, 2.75) is 88.1 Å². The molecule has 2 fully saturated rings. The topological polar surface area (TPSA) is 66.5 Å². The summed E-state index contributed by atoms with van der Waals surface area (Å²) in [5.41, 5.74) is 0.471. The molecule has 1 saturated heterocycles. The van der Waals surface area contributed by atoms with Gasteiger partial charge >= 0.3 is 0 Å². The molecule has 2 aliphatic rings. The number of piperidine rings is 1. The molecule has 1 atom stereocenters. The van der Waals surface area contributed by atoms with Crippen LogP contribution in [0.25, 0.3) is 0 Å². The Morgan fingerprint density at radius 2 is 1.78 bits per heavy atom. The van der Waals surface area contributed by atoms with Crippen LogP contribution in [0.2, 0.25) is 0 Å². The molecule has 1 aromatic carbocycles. The predicted octanol–water partition coefficient (Wildman–Crippen LogP) is 4.09. The largest absolute Gasteiger partial charge is 0.336 e. The smallest absolute Gasteiger partial charge is 0.254 e. The molecule has 1 amide bonds. The van der Waals surface area contributed by atoms with Crippen molar-refractivity contribution in [3.05, 3.63) is 29.8 Å². The van der Waals surface area contributed by atoms with E-state index in [2.05, 4.69) is 11.6 Å². The molecule has 1 saturated carbocycles. The summed E-state index contributed by atoms with van der Waals surface area (Å²) < 4.78 is 28.6. The van der Waals surface area contributed by atoms with E-state index < -0.39 is 10.0 Å². The Bertz CT molecular complexity index is 740. The first-order chi connectivity index (χ1) is 13.0. The van der Waals surface area contributed by atoms with Crippen molar-refractivity contribution in [3.63, 3.8) is 0 Å². The van der Waals surface area contributed by atoms with E-state index in [0.29, 0.717) is 5.56 Å². The fourth-order valence-electron chi connectivity index (χ4n) is 4.34. The Balaban J connectivity index is 1.76. The quantitative estimate of drug-likeness (QED) is 0.768. The van der Waals surface area contributed by atoms with Gasteiger partial charge in [-0.2, -0.15) is 0 Å². The lowest BCUT2D eigenvalue weighted by Gasteiger charge is -2.35. The Morgan fingerprint density at radius 1 is 1.07 bits per heavy atom. The highest BCUT2D eigenvalue weighted by molar-refractivity contribution is 7.89. The van der Waals surface area contributed by atoms with Crippen molar-refractivity contribution >= 4 is 15.9 Å². The Hall–Kier alpha value is -1.40. The van der Waals surface area contributed by atoms with E-state index in [9.17, 15) is 13.2 Å². The van der Waals surface area contributed by atoms with Gasteiger partial charge in [-0.3, -0.25) is 4.79 Å². The van der Waals surface area contributed by atoms with E-state index in [0.717, 1.165) is 57.9 Å². The fourth-order valence-corrected chi connectivity index (χ4v) is 5.69. The lowest BCUT2D eigenvalue weighted by atomic mass is 9.99. The highest BCUT2D eigenvalue weighted by Gasteiger charge is 2.27. The van der Waals surface area contributed by atoms with Gasteiger partial charge in [-0.1, -0.05) is 38.7 Å². The van der Waals surface area contributed by atoms with Gasteiger partial charge < -0.3 is 4.90 Å². The third kappa shape index (κ3) is 5.11. The SMILES string of the molecule is CCC1CCCCN1C(=O)c1cccc(S(=O)(=O)NC2CCCCCC2)c1. The van der Waals surface area contributed by atoms with Gasteiger partial charge in [0.15, 0.2) is 0 Å². The zero-order valence-electron chi connectivity index (χ0n) is 16.3. The average molecular weight is 393 g/mol. The second-order valence-electron chi connectivity index (χ2n) is 7.89. The van der Waals surface area contributed by atoms with E-state index >= 15 is 0 Å². The van der Waals surface area contributed by atoms with Crippen molar-refractivity contribution in [1.82, 2.24) is 9.62 Å². The molecule has 27 heavy (non-hydrogen) atoms. The predicted molar refractivity (Wildman–Crippen MR) is 107 cm³/mol. The van der Waals surface area contributed by atoms with Gasteiger partial charge in [-0.05, 0) is 56.7 Å². The number of rotatable bonds is 5. The van der Waals surface area contributed by atoms with Crippen molar-refractivity contribution in [2.24, 2.45) is 0 Å². The summed E-state index contributed by atoms with van der Waals surface area (Å²) in [4.78, 5) is 15.1. The van der Waals surface area contributed by atoms with Gasteiger partial charge in [0.1, 0.15) is 0 Å². The number of hydrogen-bond donors (Lipinski definition) is 1. The number of amides is 1. The summed E-state index contributed by atoms with van der Waals surface area (Å²) >= 11 is 0. The van der Waals surface area contributed by atoms with Crippen molar-refractivity contribution in [2.75, 3.05) is 6.54 Å². The summed E-state index contributed by atoms with van der Waals surface area (Å²) in [6.07, 6.45) is 10.4. The van der Waals surface area contributed by atoms with E-state index in [1.54, 1.807) is 24.3 Å². The first kappa shape index (κ1) is 20.3. The minimum atomic E-state index is -3.60. The zero-order chi connectivity index (χ0) is 19.3. The number of carbonyl (C=O) groups is 1. The van der Waals surface area contributed by atoms with Crippen molar-refractivity contribution < 1.29 is 13.2 Å². The number of likely N-dealkylation sites (tertiary alicyclic amines) is 1. The Morgan fingerprint density at radius 3 is 2.48 bits per heavy atom. The number of hydrogen-bond acceptors (Lipinski definition) is 3. The van der Waals surface area contributed by atoms with Crippen LogP contribution in [0.1, 0.15) is 81.5 Å². The average Bonchev–Trinajstić information content (AvgIpc) is 2.95. The minimum absolute atomic E-state index is 0.00317. The molecule has 0 radical (unpaired) electrons. The summed E-state index contributed by atoms with van der Waals surface area (Å²) in [7, 11) is -3.60. The van der Waals surface area contributed by atoms with Crippen LogP contribution in [-0.4, -0.2) is 37.9 Å². The van der Waals surface area contributed by atoms with Gasteiger partial charge in [0.05, 0.1) is 4.90 Å². The van der Waals surface area contributed by atoms with Crippen LogP contribution >= 0.6 is 0 Å². The maximum absolute atomic E-state index is 13.0. The molecule has 1 aliphatic heterocycles. The van der Waals surface area contributed by atoms with Crippen molar-refractivity contribution in [3.8, 4) is 0 Å². The second-order valence-corrected chi connectivity index (χ2v) is 9.61. The summed E-state index contributed by atoms with van der Waals surface area (Å²) in [5, 5.41) is 0. The summed E-state index contributed by atoms with van der Waals surface area (Å²) in [5.74, 6) is -0.0481. The molecule has 5 nitrogen and oxygen atoms in total. The van der Waals surface area contributed by atoms with E-state index in [1.807, 2.05) is 4.90 Å². The van der Waals surface area contributed by atoms with Crippen LogP contribution in [0.15, 0.2) is 29.2 Å². The Kier molecular flexibility index (Phi) is 6.93. The standard InChI is InChI=1S/C21H32N2O3S/c1-2-19-13-7-8-15-23(19)21(24)17-10-9-14-20(16-17)27(25,26)22-18-11-5-3-4-6-12-18/h9-10,14,16,18-19,22H,2-8,11-13,15H2,1H3. The van der Waals surface area contributed by atoms with Crippen LogP contribution in [-0.2, 0) is 10.0 Å². The van der Waals surface area contributed by atoms with Gasteiger partial charge in [0.2, 0.25) is 10.0 Å².